The number of carbonyl (C=O) groups excluding carboxylic acids is 2. The molecule has 0 aliphatic rings. The van der Waals surface area contributed by atoms with Crippen molar-refractivity contribution in [2.75, 3.05) is 18.5 Å². The third-order valence-electron chi connectivity index (χ3n) is 3.22. The molecule has 0 spiro atoms. The van der Waals surface area contributed by atoms with Gasteiger partial charge in [0.15, 0.2) is 0 Å². The smallest absolute Gasteiger partial charge is 0.261 e. The second-order valence-electron chi connectivity index (χ2n) is 4.96. The van der Waals surface area contributed by atoms with Crippen LogP contribution in [0.15, 0.2) is 42.5 Å². The van der Waals surface area contributed by atoms with Crippen LogP contribution in [0.25, 0.3) is 0 Å². The fourth-order valence-electron chi connectivity index (χ4n) is 2.00. The second-order valence-corrected chi connectivity index (χ2v) is 4.96. The van der Waals surface area contributed by atoms with Gasteiger partial charge >= 0.3 is 0 Å². The van der Waals surface area contributed by atoms with Gasteiger partial charge in [0, 0.05) is 24.4 Å². The maximum absolute atomic E-state index is 13.5. The van der Waals surface area contributed by atoms with Gasteiger partial charge in [-0.1, -0.05) is 6.07 Å². The summed E-state index contributed by atoms with van der Waals surface area (Å²) in [5.41, 5.74) is 0.000829. The molecule has 0 radical (unpaired) electrons. The van der Waals surface area contributed by atoms with E-state index in [1.807, 2.05) is 0 Å². The summed E-state index contributed by atoms with van der Waals surface area (Å²) in [6.07, 6.45) is 0.452. The van der Waals surface area contributed by atoms with Crippen LogP contribution in [0.1, 0.15) is 27.1 Å². The first-order valence-corrected chi connectivity index (χ1v) is 7.27. The zero-order chi connectivity index (χ0) is 17.5. The van der Waals surface area contributed by atoms with E-state index in [1.54, 1.807) is 0 Å². The van der Waals surface area contributed by atoms with E-state index in [-0.39, 0.29) is 12.5 Å². The van der Waals surface area contributed by atoms with Gasteiger partial charge < -0.3 is 15.7 Å². The molecule has 24 heavy (non-hydrogen) atoms. The summed E-state index contributed by atoms with van der Waals surface area (Å²) in [5.74, 6) is -3.13. The van der Waals surface area contributed by atoms with E-state index in [2.05, 4.69) is 10.6 Å². The highest BCUT2D eigenvalue weighted by atomic mass is 19.1. The molecule has 0 bridgehead atoms. The van der Waals surface area contributed by atoms with Crippen LogP contribution in [-0.4, -0.2) is 30.1 Å². The molecule has 3 N–H and O–H groups in total. The highest BCUT2D eigenvalue weighted by Gasteiger charge is 2.17. The molecular formula is C17H16F2N2O3. The van der Waals surface area contributed by atoms with Crippen LogP contribution in [0, 0.1) is 11.6 Å². The average molecular weight is 334 g/mol. The average Bonchev–Trinajstić information content (AvgIpc) is 2.55. The third kappa shape index (κ3) is 4.36. The molecule has 2 aromatic carbocycles. The minimum Gasteiger partial charge on any atom is -0.396 e. The second kappa shape index (κ2) is 8.16. The van der Waals surface area contributed by atoms with Gasteiger partial charge in [0.05, 0.1) is 0 Å². The van der Waals surface area contributed by atoms with Crippen molar-refractivity contribution in [3.05, 3.63) is 65.2 Å². The van der Waals surface area contributed by atoms with Crippen LogP contribution >= 0.6 is 0 Å². The highest BCUT2D eigenvalue weighted by molar-refractivity contribution is 6.05. The lowest BCUT2D eigenvalue weighted by atomic mass is 10.1. The Morgan fingerprint density at radius 2 is 1.58 bits per heavy atom. The Morgan fingerprint density at radius 1 is 0.958 bits per heavy atom. The summed E-state index contributed by atoms with van der Waals surface area (Å²) < 4.78 is 27.1. The van der Waals surface area contributed by atoms with Gasteiger partial charge in [-0.15, -0.1) is 0 Å². The van der Waals surface area contributed by atoms with Crippen LogP contribution in [0.5, 0.6) is 0 Å². The fraction of sp³-hybridized carbons (Fsp3) is 0.176. The first-order valence-electron chi connectivity index (χ1n) is 7.27. The maximum Gasteiger partial charge on any atom is 0.261 e. The summed E-state index contributed by atoms with van der Waals surface area (Å²) in [7, 11) is 0. The predicted octanol–water partition coefficient (Wildman–Crippen LogP) is 2.33. The van der Waals surface area contributed by atoms with E-state index >= 15 is 0 Å². The van der Waals surface area contributed by atoms with E-state index in [9.17, 15) is 18.4 Å². The zero-order valence-electron chi connectivity index (χ0n) is 12.7. The Balaban J connectivity index is 2.04. The van der Waals surface area contributed by atoms with Crippen molar-refractivity contribution in [2.45, 2.75) is 6.42 Å². The van der Waals surface area contributed by atoms with Crippen LogP contribution in [-0.2, 0) is 0 Å². The Kier molecular flexibility index (Phi) is 5.97. The minimum atomic E-state index is -0.951. The molecule has 0 saturated heterocycles. The first kappa shape index (κ1) is 17.6. The molecule has 2 amide bonds. The number of rotatable bonds is 6. The van der Waals surface area contributed by atoms with Crippen LogP contribution < -0.4 is 10.6 Å². The van der Waals surface area contributed by atoms with Crippen LogP contribution in [0.2, 0.25) is 0 Å². The Morgan fingerprint density at radius 3 is 2.17 bits per heavy atom. The largest absolute Gasteiger partial charge is 0.396 e. The summed E-state index contributed by atoms with van der Waals surface area (Å²) in [5, 5.41) is 13.6. The van der Waals surface area contributed by atoms with Crippen molar-refractivity contribution in [1.82, 2.24) is 5.32 Å². The number of aliphatic hydroxyl groups excluding tert-OH is 1. The number of aliphatic hydroxyl groups is 1. The van der Waals surface area contributed by atoms with Crippen molar-refractivity contribution in [1.29, 1.82) is 0 Å². The van der Waals surface area contributed by atoms with Gasteiger partial charge in [-0.3, -0.25) is 9.59 Å². The van der Waals surface area contributed by atoms with Crippen LogP contribution in [0.4, 0.5) is 14.5 Å². The molecule has 0 aliphatic carbocycles. The monoisotopic (exact) mass is 334 g/mol. The Bertz CT molecular complexity index is 713. The number of hydrogen-bond acceptors (Lipinski definition) is 3. The number of anilines is 1. The van der Waals surface area contributed by atoms with Crippen molar-refractivity contribution in [2.24, 2.45) is 0 Å². The predicted molar refractivity (Wildman–Crippen MR) is 84.8 cm³/mol. The Labute approximate surface area is 137 Å². The van der Waals surface area contributed by atoms with Crippen molar-refractivity contribution in [3.8, 4) is 0 Å². The zero-order valence-corrected chi connectivity index (χ0v) is 12.7. The molecule has 5 nitrogen and oxygen atoms in total. The standard InChI is InChI=1S/C17H16F2N2O3/c18-13-3-1-4-14(19)15(13)17(24)21-12-7-5-11(6-8-12)16(23)20-9-2-10-22/h1,3-8,22H,2,9-10H2,(H,20,23)(H,21,24). The number of halogens is 2. The van der Waals surface area contributed by atoms with Crippen molar-refractivity contribution < 1.29 is 23.5 Å². The molecule has 0 aromatic heterocycles. The fourth-order valence-corrected chi connectivity index (χ4v) is 2.00. The number of nitrogens with one attached hydrogen (secondary N) is 2. The van der Waals surface area contributed by atoms with Gasteiger partial charge in [0.2, 0.25) is 0 Å². The first-order chi connectivity index (χ1) is 11.5. The van der Waals surface area contributed by atoms with E-state index in [4.69, 9.17) is 5.11 Å². The summed E-state index contributed by atoms with van der Waals surface area (Å²) in [6, 6.07) is 9.03. The lowest BCUT2D eigenvalue weighted by molar-refractivity contribution is 0.0950. The summed E-state index contributed by atoms with van der Waals surface area (Å²) in [6.45, 7) is 0.332. The van der Waals surface area contributed by atoms with Crippen molar-refractivity contribution >= 4 is 17.5 Å². The lowest BCUT2D eigenvalue weighted by Crippen LogP contribution is -2.25. The number of amides is 2. The van der Waals surface area contributed by atoms with E-state index in [0.29, 0.717) is 24.2 Å². The molecule has 0 atom stereocenters. The van der Waals surface area contributed by atoms with E-state index in [0.717, 1.165) is 12.1 Å². The number of hydrogen-bond donors (Lipinski definition) is 3. The van der Waals surface area contributed by atoms with Crippen molar-refractivity contribution in [3.63, 3.8) is 0 Å². The maximum atomic E-state index is 13.5. The van der Waals surface area contributed by atoms with Gasteiger partial charge in [0.25, 0.3) is 11.8 Å². The molecule has 126 valence electrons. The molecule has 0 aliphatic heterocycles. The molecule has 2 aromatic rings. The Hall–Kier alpha value is -2.80. The quantitative estimate of drug-likeness (QED) is 0.710. The third-order valence-corrected chi connectivity index (χ3v) is 3.22. The normalized spacial score (nSPS) is 10.3. The van der Waals surface area contributed by atoms with Gasteiger partial charge in [0.1, 0.15) is 17.2 Å². The lowest BCUT2D eigenvalue weighted by Gasteiger charge is -2.08. The molecule has 0 heterocycles. The highest BCUT2D eigenvalue weighted by Crippen LogP contribution is 2.16. The summed E-state index contributed by atoms with van der Waals surface area (Å²) in [4.78, 5) is 23.7. The van der Waals surface area contributed by atoms with E-state index < -0.39 is 23.1 Å². The molecule has 0 unspecified atom stereocenters. The SMILES string of the molecule is O=C(NCCCO)c1ccc(NC(=O)c2c(F)cccc2F)cc1. The van der Waals surface area contributed by atoms with E-state index in [1.165, 1.54) is 30.3 Å². The number of carbonyl (C=O) groups is 2. The minimum absolute atomic E-state index is 0.0160. The van der Waals surface area contributed by atoms with Gasteiger partial charge in [-0.25, -0.2) is 8.78 Å². The molecular weight excluding hydrogens is 318 g/mol. The summed E-state index contributed by atoms with van der Waals surface area (Å²) >= 11 is 0. The molecule has 0 fully saturated rings. The van der Waals surface area contributed by atoms with Gasteiger partial charge in [-0.05, 0) is 42.8 Å². The number of benzene rings is 2. The molecule has 0 saturated carbocycles. The molecule has 7 heteroatoms. The molecule has 2 rings (SSSR count). The van der Waals surface area contributed by atoms with Gasteiger partial charge in [-0.2, -0.15) is 0 Å². The topological polar surface area (TPSA) is 78.4 Å². The van der Waals surface area contributed by atoms with Crippen LogP contribution in [0.3, 0.4) is 0 Å².